The molecule has 30 heavy (non-hydrogen) atoms. The van der Waals surface area contributed by atoms with E-state index in [1.807, 2.05) is 42.6 Å². The fourth-order valence-corrected chi connectivity index (χ4v) is 3.42. The second kappa shape index (κ2) is 12.4. The van der Waals surface area contributed by atoms with Gasteiger partial charge in [0, 0.05) is 24.7 Å². The summed E-state index contributed by atoms with van der Waals surface area (Å²) in [4.78, 5) is 9.82. The van der Waals surface area contributed by atoms with Crippen molar-refractivity contribution in [2.45, 2.75) is 19.9 Å². The van der Waals surface area contributed by atoms with Crippen LogP contribution >= 0.6 is 35.3 Å². The first-order valence-electron chi connectivity index (χ1n) is 9.43. The Balaban J connectivity index is 0.00000320. The minimum Gasteiger partial charge on any atom is -0.497 e. The fraction of sp³-hybridized carbons (Fsp3) is 0.273. The third-order valence-corrected chi connectivity index (χ3v) is 5.14. The van der Waals surface area contributed by atoms with Crippen LogP contribution in [0.25, 0.3) is 0 Å². The van der Waals surface area contributed by atoms with E-state index < -0.39 is 0 Å². The molecule has 0 aliphatic rings. The van der Waals surface area contributed by atoms with Gasteiger partial charge in [-0.25, -0.2) is 4.98 Å². The van der Waals surface area contributed by atoms with Gasteiger partial charge < -0.3 is 20.1 Å². The van der Waals surface area contributed by atoms with Crippen LogP contribution in [0.15, 0.2) is 59.7 Å². The van der Waals surface area contributed by atoms with Crippen LogP contribution in [0.1, 0.15) is 15.4 Å². The predicted molar refractivity (Wildman–Crippen MR) is 134 cm³/mol. The molecule has 1 heterocycles. The van der Waals surface area contributed by atoms with E-state index in [1.165, 1.54) is 10.4 Å². The number of hydrogen-bond donors (Lipinski definition) is 2. The Kier molecular flexibility index (Phi) is 9.88. The molecule has 0 fully saturated rings. The number of nitrogens with one attached hydrogen (secondary N) is 2. The molecular weight excluding hydrogens is 511 g/mol. The summed E-state index contributed by atoms with van der Waals surface area (Å²) < 4.78 is 11.0. The van der Waals surface area contributed by atoms with E-state index in [0.29, 0.717) is 6.54 Å². The van der Waals surface area contributed by atoms with Crippen LogP contribution < -0.4 is 20.1 Å². The highest BCUT2D eigenvalue weighted by atomic mass is 127. The third kappa shape index (κ3) is 7.49. The van der Waals surface area contributed by atoms with Crippen LogP contribution in [-0.4, -0.2) is 31.6 Å². The molecule has 8 heteroatoms. The van der Waals surface area contributed by atoms with Crippen LogP contribution in [0, 0.1) is 6.92 Å². The summed E-state index contributed by atoms with van der Waals surface area (Å²) in [5, 5.41) is 7.67. The normalized spacial score (nSPS) is 10.8. The van der Waals surface area contributed by atoms with E-state index in [1.54, 1.807) is 25.5 Å². The lowest BCUT2D eigenvalue weighted by atomic mass is 10.1. The number of thiazole rings is 1. The van der Waals surface area contributed by atoms with Crippen molar-refractivity contribution in [3.63, 3.8) is 0 Å². The van der Waals surface area contributed by atoms with Gasteiger partial charge in [-0.3, -0.25) is 4.99 Å². The molecule has 3 aromatic rings. The Morgan fingerprint density at radius 1 is 1.00 bits per heavy atom. The molecule has 0 aliphatic carbocycles. The fourth-order valence-electron chi connectivity index (χ4n) is 2.69. The molecule has 1 aromatic heterocycles. The number of aliphatic imine (C=N–C) groups is 1. The summed E-state index contributed by atoms with van der Waals surface area (Å²) in [6, 6.07) is 15.7. The van der Waals surface area contributed by atoms with Crippen molar-refractivity contribution in [2.24, 2.45) is 4.99 Å². The maximum Gasteiger partial charge on any atom is 0.191 e. The molecule has 0 amide bonds. The number of hydrogen-bond acceptors (Lipinski definition) is 5. The summed E-state index contributed by atoms with van der Waals surface area (Å²) >= 11 is 1.69. The van der Waals surface area contributed by atoms with Crippen LogP contribution in [0.4, 0.5) is 0 Å². The first-order chi connectivity index (χ1) is 14.2. The Morgan fingerprint density at radius 2 is 1.63 bits per heavy atom. The monoisotopic (exact) mass is 538 g/mol. The second-order valence-corrected chi connectivity index (χ2v) is 7.71. The molecule has 0 atom stereocenters. The van der Waals surface area contributed by atoms with Crippen LogP contribution in [-0.2, 0) is 13.0 Å². The average Bonchev–Trinajstić information content (AvgIpc) is 3.17. The maximum absolute atomic E-state index is 5.86. The SMILES string of the molecule is CN=C(NCCc1ccc(Oc2ccc(OC)cc2)cc1)NCc1ncc(C)s1.I. The second-order valence-electron chi connectivity index (χ2n) is 6.39. The quantitative estimate of drug-likeness (QED) is 0.246. The van der Waals surface area contributed by atoms with E-state index in [2.05, 4.69) is 39.7 Å². The van der Waals surface area contributed by atoms with Gasteiger partial charge in [-0.05, 0) is 55.3 Å². The van der Waals surface area contributed by atoms with Gasteiger partial charge in [0.15, 0.2) is 5.96 Å². The number of aryl methyl sites for hydroxylation is 1. The number of aromatic nitrogens is 1. The highest BCUT2D eigenvalue weighted by Gasteiger charge is 2.03. The molecule has 0 saturated heterocycles. The van der Waals surface area contributed by atoms with Gasteiger partial charge in [0.25, 0.3) is 0 Å². The first-order valence-corrected chi connectivity index (χ1v) is 10.2. The van der Waals surface area contributed by atoms with Gasteiger partial charge in [-0.15, -0.1) is 35.3 Å². The lowest BCUT2D eigenvalue weighted by molar-refractivity contribution is 0.413. The van der Waals surface area contributed by atoms with E-state index in [4.69, 9.17) is 9.47 Å². The van der Waals surface area contributed by atoms with Crippen molar-refractivity contribution in [1.29, 1.82) is 0 Å². The number of halogens is 1. The minimum atomic E-state index is 0. The number of benzene rings is 2. The lowest BCUT2D eigenvalue weighted by Gasteiger charge is -2.11. The number of methoxy groups -OCH3 is 1. The lowest BCUT2D eigenvalue weighted by Crippen LogP contribution is -2.37. The summed E-state index contributed by atoms with van der Waals surface area (Å²) in [6.45, 7) is 3.52. The van der Waals surface area contributed by atoms with Crippen molar-refractivity contribution < 1.29 is 9.47 Å². The van der Waals surface area contributed by atoms with Crippen molar-refractivity contribution >= 4 is 41.3 Å². The molecule has 0 unspecified atom stereocenters. The highest BCUT2D eigenvalue weighted by molar-refractivity contribution is 14.0. The van der Waals surface area contributed by atoms with E-state index in [9.17, 15) is 0 Å². The van der Waals surface area contributed by atoms with Crippen LogP contribution in [0.2, 0.25) is 0 Å². The summed E-state index contributed by atoms with van der Waals surface area (Å²) in [7, 11) is 3.42. The zero-order chi connectivity index (χ0) is 20.5. The van der Waals surface area contributed by atoms with Gasteiger partial charge in [0.1, 0.15) is 22.3 Å². The van der Waals surface area contributed by atoms with Gasteiger partial charge >= 0.3 is 0 Å². The van der Waals surface area contributed by atoms with Gasteiger partial charge in [0.2, 0.25) is 0 Å². The molecule has 0 bridgehead atoms. The highest BCUT2D eigenvalue weighted by Crippen LogP contribution is 2.24. The maximum atomic E-state index is 5.86. The minimum absolute atomic E-state index is 0. The third-order valence-electron chi connectivity index (χ3n) is 4.22. The van der Waals surface area contributed by atoms with Gasteiger partial charge in [-0.2, -0.15) is 0 Å². The van der Waals surface area contributed by atoms with Crippen molar-refractivity contribution in [1.82, 2.24) is 15.6 Å². The van der Waals surface area contributed by atoms with Crippen LogP contribution in [0.3, 0.4) is 0 Å². The van der Waals surface area contributed by atoms with E-state index in [0.717, 1.165) is 41.2 Å². The molecule has 6 nitrogen and oxygen atoms in total. The average molecular weight is 538 g/mol. The number of nitrogens with zero attached hydrogens (tertiary/aromatic N) is 2. The molecule has 3 rings (SSSR count). The van der Waals surface area contributed by atoms with Gasteiger partial charge in [-0.1, -0.05) is 12.1 Å². The predicted octanol–water partition coefficient (Wildman–Crippen LogP) is 4.78. The Morgan fingerprint density at radius 3 is 2.20 bits per heavy atom. The summed E-state index contributed by atoms with van der Waals surface area (Å²) in [5.74, 6) is 3.18. The zero-order valence-corrected chi connectivity index (χ0v) is 20.5. The van der Waals surface area contributed by atoms with Crippen LogP contribution in [0.5, 0.6) is 17.2 Å². The Hall–Kier alpha value is -2.33. The topological polar surface area (TPSA) is 67.8 Å². The first kappa shape index (κ1) is 23.9. The molecule has 2 N–H and O–H groups in total. The Labute approximate surface area is 198 Å². The molecule has 2 aromatic carbocycles. The van der Waals surface area contributed by atoms with Crippen molar-refractivity contribution in [3.8, 4) is 17.2 Å². The van der Waals surface area contributed by atoms with E-state index in [-0.39, 0.29) is 24.0 Å². The molecule has 160 valence electrons. The number of ether oxygens (including phenoxy) is 2. The number of rotatable bonds is 8. The van der Waals surface area contributed by atoms with E-state index >= 15 is 0 Å². The largest absolute Gasteiger partial charge is 0.497 e. The zero-order valence-electron chi connectivity index (χ0n) is 17.3. The van der Waals surface area contributed by atoms with Crippen molar-refractivity contribution in [2.75, 3.05) is 20.7 Å². The molecular formula is C22H27IN4O2S. The number of guanidine groups is 1. The molecule has 0 saturated carbocycles. The standard InChI is InChI=1S/C22H26N4O2S.HI/c1-16-14-25-21(29-16)15-26-22(23-2)24-13-12-17-4-6-19(7-5-17)28-20-10-8-18(27-3)9-11-20;/h4-11,14H,12-13,15H2,1-3H3,(H2,23,24,26);1H. The molecule has 0 spiro atoms. The Bertz CT molecular complexity index is 927. The summed E-state index contributed by atoms with van der Waals surface area (Å²) in [5.41, 5.74) is 1.23. The smallest absolute Gasteiger partial charge is 0.191 e. The van der Waals surface area contributed by atoms with Crippen molar-refractivity contribution in [3.05, 3.63) is 70.2 Å². The summed E-state index contributed by atoms with van der Waals surface area (Å²) in [6.07, 6.45) is 2.78. The van der Waals surface area contributed by atoms with Gasteiger partial charge in [0.05, 0.1) is 13.7 Å². The molecule has 0 radical (unpaired) electrons. The molecule has 0 aliphatic heterocycles.